The lowest BCUT2D eigenvalue weighted by molar-refractivity contribution is -0.150. The van der Waals surface area contributed by atoms with Gasteiger partial charge in [-0.3, -0.25) is 4.79 Å². The van der Waals surface area contributed by atoms with Gasteiger partial charge < -0.3 is 14.2 Å². The average Bonchev–Trinajstić information content (AvgIpc) is 2.85. The Morgan fingerprint density at radius 3 is 2.55 bits per heavy atom. The molecular weight excluding hydrogens is 280 g/mol. The van der Waals surface area contributed by atoms with Gasteiger partial charge >= 0.3 is 5.97 Å². The highest BCUT2D eigenvalue weighted by molar-refractivity contribution is 5.66. The molecule has 3 aliphatic carbocycles. The van der Waals surface area contributed by atoms with Crippen LogP contribution in [-0.4, -0.2) is 30.1 Å². The van der Waals surface area contributed by atoms with E-state index in [1.807, 2.05) is 0 Å². The Hall–Kier alpha value is -0.610. The van der Waals surface area contributed by atoms with Crippen LogP contribution in [0.3, 0.4) is 0 Å². The first kappa shape index (κ1) is 14.9. The third-order valence-electron chi connectivity index (χ3n) is 6.55. The zero-order valence-electron chi connectivity index (χ0n) is 13.8. The molecule has 0 spiro atoms. The van der Waals surface area contributed by atoms with Gasteiger partial charge in [-0.05, 0) is 50.4 Å². The summed E-state index contributed by atoms with van der Waals surface area (Å²) in [5.41, 5.74) is 0.0757. The van der Waals surface area contributed by atoms with Gasteiger partial charge in [0.15, 0.2) is 6.29 Å². The van der Waals surface area contributed by atoms with Gasteiger partial charge in [0.1, 0.15) is 12.2 Å². The molecule has 4 heteroatoms. The minimum absolute atomic E-state index is 0.000350. The molecule has 0 radical (unpaired) electrons. The number of hydrogen-bond donors (Lipinski definition) is 0. The number of epoxide rings is 1. The molecule has 1 saturated heterocycles. The first-order chi connectivity index (χ1) is 10.6. The maximum absolute atomic E-state index is 11.3. The van der Waals surface area contributed by atoms with Crippen LogP contribution >= 0.6 is 0 Å². The minimum atomic E-state index is -0.142. The molecule has 4 fully saturated rings. The molecule has 4 nitrogen and oxygen atoms in total. The SMILES string of the molecule is CCC1(OC2OC2C2CC3CC(OC(C)=O)C2C3)CCCC1. The van der Waals surface area contributed by atoms with Crippen molar-refractivity contribution in [2.45, 2.75) is 89.3 Å². The molecule has 0 aromatic heterocycles. The lowest BCUT2D eigenvalue weighted by atomic mass is 9.84. The number of rotatable bonds is 5. The van der Waals surface area contributed by atoms with Crippen molar-refractivity contribution in [1.29, 1.82) is 0 Å². The van der Waals surface area contributed by atoms with E-state index in [4.69, 9.17) is 14.2 Å². The van der Waals surface area contributed by atoms with Crippen LogP contribution in [-0.2, 0) is 19.0 Å². The van der Waals surface area contributed by atoms with Gasteiger partial charge in [0.25, 0.3) is 0 Å². The molecule has 0 aromatic rings. The summed E-state index contributed by atoms with van der Waals surface area (Å²) in [5.74, 6) is 1.60. The van der Waals surface area contributed by atoms with E-state index in [9.17, 15) is 4.79 Å². The predicted molar refractivity (Wildman–Crippen MR) is 81.1 cm³/mol. The molecule has 4 rings (SSSR count). The van der Waals surface area contributed by atoms with Gasteiger partial charge in [-0.25, -0.2) is 0 Å². The average molecular weight is 308 g/mol. The fourth-order valence-electron chi connectivity index (χ4n) is 5.39. The molecule has 0 aromatic carbocycles. The normalized spacial score (nSPS) is 45.2. The van der Waals surface area contributed by atoms with Gasteiger partial charge in [0.05, 0.1) is 5.60 Å². The van der Waals surface area contributed by atoms with Gasteiger partial charge in [0.2, 0.25) is 0 Å². The number of ether oxygens (including phenoxy) is 3. The fraction of sp³-hybridized carbons (Fsp3) is 0.944. The molecule has 0 N–H and O–H groups in total. The number of hydrogen-bond acceptors (Lipinski definition) is 4. The minimum Gasteiger partial charge on any atom is -0.462 e. The van der Waals surface area contributed by atoms with Crippen molar-refractivity contribution >= 4 is 5.97 Å². The molecule has 0 amide bonds. The highest BCUT2D eigenvalue weighted by Gasteiger charge is 2.59. The van der Waals surface area contributed by atoms with Gasteiger partial charge in [-0.1, -0.05) is 19.8 Å². The molecule has 1 heterocycles. The van der Waals surface area contributed by atoms with E-state index in [0.717, 1.165) is 18.8 Å². The number of carbonyl (C=O) groups excluding carboxylic acids is 1. The molecule has 2 bridgehead atoms. The molecule has 124 valence electrons. The van der Waals surface area contributed by atoms with E-state index in [2.05, 4.69) is 6.92 Å². The van der Waals surface area contributed by atoms with Crippen molar-refractivity contribution in [3.05, 3.63) is 0 Å². The van der Waals surface area contributed by atoms with Crippen LogP contribution in [0.2, 0.25) is 0 Å². The Morgan fingerprint density at radius 2 is 1.91 bits per heavy atom. The topological polar surface area (TPSA) is 48.1 Å². The summed E-state index contributed by atoms with van der Waals surface area (Å²) in [6.07, 6.45) is 9.88. The molecule has 3 saturated carbocycles. The summed E-state index contributed by atoms with van der Waals surface area (Å²) >= 11 is 0. The van der Waals surface area contributed by atoms with Gasteiger partial charge in [0, 0.05) is 12.8 Å². The van der Waals surface area contributed by atoms with E-state index in [1.165, 1.54) is 45.4 Å². The van der Waals surface area contributed by atoms with E-state index < -0.39 is 0 Å². The standard InChI is InChI=1S/C18H28O4/c1-3-18(6-4-5-7-18)22-17-16(21-17)14-9-12-8-13(14)15(10-12)20-11(2)19/h12-17H,3-10H2,1-2H3. The quantitative estimate of drug-likeness (QED) is 0.577. The van der Waals surface area contributed by atoms with Crippen molar-refractivity contribution in [1.82, 2.24) is 0 Å². The van der Waals surface area contributed by atoms with Crippen molar-refractivity contribution in [3.8, 4) is 0 Å². The lowest BCUT2D eigenvalue weighted by Gasteiger charge is -2.29. The second-order valence-electron chi connectivity index (χ2n) is 7.88. The summed E-state index contributed by atoms with van der Waals surface area (Å²) in [4.78, 5) is 11.3. The molecule has 22 heavy (non-hydrogen) atoms. The number of fused-ring (bicyclic) bond motifs is 2. The van der Waals surface area contributed by atoms with E-state index in [-0.39, 0.29) is 30.1 Å². The fourth-order valence-corrected chi connectivity index (χ4v) is 5.39. The highest BCUT2D eigenvalue weighted by atomic mass is 16.8. The Labute approximate surface area is 132 Å². The maximum Gasteiger partial charge on any atom is 0.302 e. The second-order valence-corrected chi connectivity index (χ2v) is 7.88. The molecule has 6 unspecified atom stereocenters. The Bertz CT molecular complexity index is 442. The number of carbonyl (C=O) groups is 1. The Balaban J connectivity index is 1.35. The van der Waals surface area contributed by atoms with Crippen LogP contribution in [0.15, 0.2) is 0 Å². The monoisotopic (exact) mass is 308 g/mol. The zero-order chi connectivity index (χ0) is 15.3. The highest BCUT2D eigenvalue weighted by Crippen LogP contribution is 2.55. The molecule has 6 atom stereocenters. The van der Waals surface area contributed by atoms with Crippen molar-refractivity contribution in [2.24, 2.45) is 17.8 Å². The molecule has 1 aliphatic heterocycles. The predicted octanol–water partition coefficient (Wildman–Crippen LogP) is 3.43. The van der Waals surface area contributed by atoms with Crippen LogP contribution in [0.25, 0.3) is 0 Å². The van der Waals surface area contributed by atoms with E-state index in [0.29, 0.717) is 11.8 Å². The number of esters is 1. The molecule has 4 aliphatic rings. The van der Waals surface area contributed by atoms with Crippen molar-refractivity contribution in [2.75, 3.05) is 0 Å². The Kier molecular flexibility index (Phi) is 3.73. The summed E-state index contributed by atoms with van der Waals surface area (Å²) < 4.78 is 17.8. The third-order valence-corrected chi connectivity index (χ3v) is 6.55. The van der Waals surface area contributed by atoms with Crippen molar-refractivity contribution < 1.29 is 19.0 Å². The largest absolute Gasteiger partial charge is 0.462 e. The van der Waals surface area contributed by atoms with E-state index >= 15 is 0 Å². The van der Waals surface area contributed by atoms with Crippen LogP contribution in [0.5, 0.6) is 0 Å². The zero-order valence-corrected chi connectivity index (χ0v) is 13.8. The van der Waals surface area contributed by atoms with Crippen LogP contribution in [0.4, 0.5) is 0 Å². The first-order valence-corrected chi connectivity index (χ1v) is 9.11. The summed E-state index contributed by atoms with van der Waals surface area (Å²) in [5, 5.41) is 0. The second kappa shape index (κ2) is 5.48. The Morgan fingerprint density at radius 1 is 1.18 bits per heavy atom. The summed E-state index contributed by atoms with van der Waals surface area (Å²) in [7, 11) is 0. The van der Waals surface area contributed by atoms with Gasteiger partial charge in [-0.2, -0.15) is 0 Å². The smallest absolute Gasteiger partial charge is 0.302 e. The lowest BCUT2D eigenvalue weighted by Crippen LogP contribution is -2.34. The maximum atomic E-state index is 11.3. The van der Waals surface area contributed by atoms with Gasteiger partial charge in [-0.15, -0.1) is 0 Å². The molecular formula is C18H28O4. The summed E-state index contributed by atoms with van der Waals surface area (Å²) in [6.45, 7) is 3.75. The third kappa shape index (κ3) is 2.58. The van der Waals surface area contributed by atoms with Crippen molar-refractivity contribution in [3.63, 3.8) is 0 Å². The van der Waals surface area contributed by atoms with Crippen LogP contribution in [0.1, 0.15) is 65.2 Å². The van der Waals surface area contributed by atoms with E-state index in [1.54, 1.807) is 0 Å². The first-order valence-electron chi connectivity index (χ1n) is 9.11. The van der Waals surface area contributed by atoms with Crippen LogP contribution in [0, 0.1) is 17.8 Å². The van der Waals surface area contributed by atoms with Crippen LogP contribution < -0.4 is 0 Å². The summed E-state index contributed by atoms with van der Waals surface area (Å²) in [6, 6.07) is 0.